The molecule has 5 heteroatoms. The Kier molecular flexibility index (Phi) is 4.86. The highest BCUT2D eigenvalue weighted by Gasteiger charge is 2.12. The predicted octanol–water partition coefficient (Wildman–Crippen LogP) is 4.37. The number of hydrogen-bond donors (Lipinski definition) is 0. The number of allylic oxidation sites excluding steroid dienone is 1. The van der Waals surface area contributed by atoms with E-state index in [1.165, 1.54) is 6.26 Å². The molecule has 4 nitrogen and oxygen atoms in total. The Labute approximate surface area is 148 Å². The lowest BCUT2D eigenvalue weighted by atomic mass is 10.1. The fourth-order valence-corrected chi connectivity index (χ4v) is 3.19. The maximum absolute atomic E-state index is 11.7. The molecular weight excluding hydrogens is 332 g/mol. The second-order valence-electron chi connectivity index (χ2n) is 5.81. The van der Waals surface area contributed by atoms with Crippen molar-refractivity contribution in [3.63, 3.8) is 0 Å². The number of aromatic nitrogens is 2. The van der Waals surface area contributed by atoms with Crippen molar-refractivity contribution in [2.75, 3.05) is 6.26 Å². The van der Waals surface area contributed by atoms with E-state index in [1.807, 2.05) is 59.3 Å². The van der Waals surface area contributed by atoms with E-state index in [0.717, 1.165) is 29.1 Å². The number of sulfone groups is 1. The summed E-state index contributed by atoms with van der Waals surface area (Å²) in [6.07, 6.45) is 6.21. The molecule has 0 aliphatic carbocycles. The van der Waals surface area contributed by atoms with E-state index in [1.54, 1.807) is 12.1 Å². The van der Waals surface area contributed by atoms with Crippen molar-refractivity contribution in [3.8, 4) is 16.9 Å². The van der Waals surface area contributed by atoms with Crippen LogP contribution in [-0.2, 0) is 9.84 Å². The first-order valence-corrected chi connectivity index (χ1v) is 10.0. The highest BCUT2D eigenvalue weighted by molar-refractivity contribution is 7.90. The molecule has 1 aromatic heterocycles. The molecule has 0 atom stereocenters. The lowest BCUT2D eigenvalue weighted by molar-refractivity contribution is 0.602. The van der Waals surface area contributed by atoms with E-state index in [4.69, 9.17) is 0 Å². The van der Waals surface area contributed by atoms with Crippen LogP contribution in [0.15, 0.2) is 71.6 Å². The van der Waals surface area contributed by atoms with Gasteiger partial charge in [0.2, 0.25) is 0 Å². The molecule has 0 saturated heterocycles. The van der Waals surface area contributed by atoms with E-state index in [9.17, 15) is 8.42 Å². The van der Waals surface area contributed by atoms with Crippen LogP contribution in [0, 0.1) is 0 Å². The molecule has 0 aliphatic heterocycles. The van der Waals surface area contributed by atoms with Crippen LogP contribution in [-0.4, -0.2) is 24.5 Å². The molecule has 0 fully saturated rings. The van der Waals surface area contributed by atoms with Gasteiger partial charge in [-0.05, 0) is 42.8 Å². The third kappa shape index (κ3) is 3.88. The van der Waals surface area contributed by atoms with Gasteiger partial charge in [0.15, 0.2) is 9.84 Å². The quantitative estimate of drug-likeness (QED) is 0.685. The maximum atomic E-state index is 11.7. The van der Waals surface area contributed by atoms with Gasteiger partial charge in [0, 0.05) is 11.8 Å². The van der Waals surface area contributed by atoms with E-state index in [2.05, 4.69) is 18.1 Å². The van der Waals surface area contributed by atoms with Crippen molar-refractivity contribution in [1.29, 1.82) is 0 Å². The van der Waals surface area contributed by atoms with Gasteiger partial charge in [-0.1, -0.05) is 43.3 Å². The second-order valence-corrected chi connectivity index (χ2v) is 7.82. The molecule has 0 aliphatic rings. The van der Waals surface area contributed by atoms with Gasteiger partial charge >= 0.3 is 0 Å². The van der Waals surface area contributed by atoms with Crippen molar-refractivity contribution < 1.29 is 8.42 Å². The first-order valence-electron chi connectivity index (χ1n) is 8.11. The van der Waals surface area contributed by atoms with Gasteiger partial charge in [0.05, 0.1) is 22.0 Å². The SMILES string of the molecule is CC/C=C\c1cc(-c2ccc(S(C)(=O)=O)cc2)n(-c2ccccc2)n1. The van der Waals surface area contributed by atoms with Crippen molar-refractivity contribution in [1.82, 2.24) is 9.78 Å². The highest BCUT2D eigenvalue weighted by Crippen LogP contribution is 2.26. The molecule has 0 amide bonds. The Balaban J connectivity index is 2.11. The molecule has 0 spiro atoms. The van der Waals surface area contributed by atoms with Crippen LogP contribution >= 0.6 is 0 Å². The molecule has 2 aromatic carbocycles. The highest BCUT2D eigenvalue weighted by atomic mass is 32.2. The standard InChI is InChI=1S/C20H20N2O2S/c1-3-4-8-17-15-20(22(21-17)18-9-6-5-7-10-18)16-11-13-19(14-12-16)25(2,23)24/h4-15H,3H2,1-2H3/b8-4-. The largest absolute Gasteiger partial charge is 0.233 e. The van der Waals surface area contributed by atoms with Crippen molar-refractivity contribution in [3.05, 3.63) is 72.4 Å². The minimum absolute atomic E-state index is 0.313. The third-order valence-electron chi connectivity index (χ3n) is 3.83. The minimum Gasteiger partial charge on any atom is -0.233 e. The Morgan fingerprint density at radius 3 is 2.32 bits per heavy atom. The van der Waals surface area contributed by atoms with Gasteiger partial charge in [-0.25, -0.2) is 13.1 Å². The van der Waals surface area contributed by atoms with E-state index < -0.39 is 9.84 Å². The molecule has 3 rings (SSSR count). The second kappa shape index (κ2) is 7.07. The first-order chi connectivity index (χ1) is 12.0. The van der Waals surface area contributed by atoms with Crippen LogP contribution in [0.1, 0.15) is 19.0 Å². The van der Waals surface area contributed by atoms with Crippen molar-refractivity contribution >= 4 is 15.9 Å². The zero-order chi connectivity index (χ0) is 17.9. The predicted molar refractivity (Wildman–Crippen MR) is 101 cm³/mol. The average molecular weight is 352 g/mol. The average Bonchev–Trinajstić information content (AvgIpc) is 3.04. The summed E-state index contributed by atoms with van der Waals surface area (Å²) >= 11 is 0. The number of nitrogens with zero attached hydrogens (tertiary/aromatic N) is 2. The topological polar surface area (TPSA) is 52.0 Å². The van der Waals surface area contributed by atoms with E-state index in [-0.39, 0.29) is 0 Å². The fraction of sp³-hybridized carbons (Fsp3) is 0.150. The molecule has 25 heavy (non-hydrogen) atoms. The van der Waals surface area contributed by atoms with Gasteiger partial charge in [0.25, 0.3) is 0 Å². The summed E-state index contributed by atoms with van der Waals surface area (Å²) in [4.78, 5) is 0.313. The minimum atomic E-state index is -3.20. The number of hydrogen-bond acceptors (Lipinski definition) is 3. The lowest BCUT2D eigenvalue weighted by Gasteiger charge is -2.08. The molecule has 0 N–H and O–H groups in total. The summed E-state index contributed by atoms with van der Waals surface area (Å²) in [5.74, 6) is 0. The molecular formula is C20H20N2O2S. The summed E-state index contributed by atoms with van der Waals surface area (Å²) in [6, 6.07) is 18.8. The summed E-state index contributed by atoms with van der Waals surface area (Å²) in [5, 5.41) is 4.68. The molecule has 128 valence electrons. The normalized spacial score (nSPS) is 11.9. The Bertz CT molecular complexity index is 986. The van der Waals surface area contributed by atoms with Crippen LogP contribution in [0.5, 0.6) is 0 Å². The van der Waals surface area contributed by atoms with Crippen molar-refractivity contribution in [2.45, 2.75) is 18.2 Å². The van der Waals surface area contributed by atoms with Crippen LogP contribution in [0.3, 0.4) is 0 Å². The Morgan fingerprint density at radius 2 is 1.72 bits per heavy atom. The van der Waals surface area contributed by atoms with Gasteiger partial charge in [-0.3, -0.25) is 0 Å². The summed E-state index contributed by atoms with van der Waals surface area (Å²) in [7, 11) is -3.20. The smallest absolute Gasteiger partial charge is 0.175 e. The third-order valence-corrected chi connectivity index (χ3v) is 4.96. The van der Waals surface area contributed by atoms with Crippen LogP contribution in [0.2, 0.25) is 0 Å². The van der Waals surface area contributed by atoms with Crippen LogP contribution < -0.4 is 0 Å². The number of benzene rings is 2. The molecule has 0 radical (unpaired) electrons. The zero-order valence-electron chi connectivity index (χ0n) is 14.3. The zero-order valence-corrected chi connectivity index (χ0v) is 15.1. The lowest BCUT2D eigenvalue weighted by Crippen LogP contribution is -2.00. The van der Waals surface area contributed by atoms with Crippen LogP contribution in [0.25, 0.3) is 23.0 Å². The molecule has 0 unspecified atom stereocenters. The Hall–Kier alpha value is -2.66. The molecule has 1 heterocycles. The van der Waals surface area contributed by atoms with Gasteiger partial charge in [-0.2, -0.15) is 5.10 Å². The molecule has 3 aromatic rings. The summed E-state index contributed by atoms with van der Waals surface area (Å²) in [5.41, 5.74) is 3.66. The van der Waals surface area contributed by atoms with Crippen LogP contribution in [0.4, 0.5) is 0 Å². The monoisotopic (exact) mass is 352 g/mol. The van der Waals surface area contributed by atoms with Gasteiger partial charge < -0.3 is 0 Å². The fourth-order valence-electron chi connectivity index (χ4n) is 2.56. The number of para-hydroxylation sites is 1. The van der Waals surface area contributed by atoms with Crippen molar-refractivity contribution in [2.24, 2.45) is 0 Å². The maximum Gasteiger partial charge on any atom is 0.175 e. The summed E-state index contributed by atoms with van der Waals surface area (Å²) in [6.45, 7) is 2.08. The summed E-state index contributed by atoms with van der Waals surface area (Å²) < 4.78 is 25.2. The van der Waals surface area contributed by atoms with E-state index >= 15 is 0 Å². The van der Waals surface area contributed by atoms with E-state index in [0.29, 0.717) is 4.90 Å². The van der Waals surface area contributed by atoms with Gasteiger partial charge in [0.1, 0.15) is 0 Å². The Morgan fingerprint density at radius 1 is 1.04 bits per heavy atom. The number of rotatable bonds is 5. The van der Waals surface area contributed by atoms with Gasteiger partial charge in [-0.15, -0.1) is 0 Å². The molecule has 0 bridgehead atoms. The first kappa shape index (κ1) is 17.2. The molecule has 0 saturated carbocycles.